The normalized spacial score (nSPS) is 24.7. The molecule has 1 fully saturated rings. The number of rotatable bonds is 2. The SMILES string of the molecule is Cc1ccc(N(C)C2CCNCC2C)c(C)c1. The molecule has 0 aliphatic carbocycles. The van der Waals surface area contributed by atoms with E-state index >= 15 is 0 Å². The molecule has 2 atom stereocenters. The predicted octanol–water partition coefficient (Wildman–Crippen LogP) is 2.74. The van der Waals surface area contributed by atoms with Crippen LogP contribution in [0.2, 0.25) is 0 Å². The van der Waals surface area contributed by atoms with Crippen molar-refractivity contribution in [3.63, 3.8) is 0 Å². The van der Waals surface area contributed by atoms with Crippen molar-refractivity contribution in [1.29, 1.82) is 0 Å². The van der Waals surface area contributed by atoms with E-state index in [9.17, 15) is 0 Å². The third-order valence-electron chi connectivity index (χ3n) is 3.97. The number of hydrogen-bond acceptors (Lipinski definition) is 2. The first-order valence-corrected chi connectivity index (χ1v) is 6.60. The van der Waals surface area contributed by atoms with Crippen LogP contribution in [0.3, 0.4) is 0 Å². The third-order valence-corrected chi connectivity index (χ3v) is 3.97. The molecule has 1 heterocycles. The fraction of sp³-hybridized carbons (Fsp3) is 0.600. The molecule has 1 aromatic carbocycles. The molecular weight excluding hydrogens is 208 g/mol. The van der Waals surface area contributed by atoms with Crippen molar-refractivity contribution >= 4 is 5.69 Å². The van der Waals surface area contributed by atoms with Crippen molar-refractivity contribution in [1.82, 2.24) is 5.32 Å². The maximum Gasteiger partial charge on any atom is 0.0396 e. The molecular formula is C15H24N2. The van der Waals surface area contributed by atoms with Gasteiger partial charge in [-0.05, 0) is 50.9 Å². The minimum Gasteiger partial charge on any atom is -0.371 e. The lowest BCUT2D eigenvalue weighted by Gasteiger charge is -2.38. The summed E-state index contributed by atoms with van der Waals surface area (Å²) in [7, 11) is 2.24. The van der Waals surface area contributed by atoms with Gasteiger partial charge in [-0.1, -0.05) is 24.6 Å². The lowest BCUT2D eigenvalue weighted by Crippen LogP contribution is -2.47. The summed E-state index contributed by atoms with van der Waals surface area (Å²) >= 11 is 0. The Morgan fingerprint density at radius 3 is 2.71 bits per heavy atom. The standard InChI is InChI=1S/C15H24N2/c1-11-5-6-14(12(2)9-11)17(4)15-7-8-16-10-13(15)3/h5-6,9,13,15-16H,7-8,10H2,1-4H3. The molecule has 0 spiro atoms. The van der Waals surface area contributed by atoms with Gasteiger partial charge in [-0.2, -0.15) is 0 Å². The molecule has 2 nitrogen and oxygen atoms in total. The fourth-order valence-corrected chi connectivity index (χ4v) is 2.96. The Balaban J connectivity index is 2.20. The molecule has 1 aromatic rings. The van der Waals surface area contributed by atoms with Crippen LogP contribution in [0.15, 0.2) is 18.2 Å². The number of piperidine rings is 1. The summed E-state index contributed by atoms with van der Waals surface area (Å²) in [5.41, 5.74) is 4.12. The zero-order chi connectivity index (χ0) is 12.4. The molecule has 2 heteroatoms. The highest BCUT2D eigenvalue weighted by Crippen LogP contribution is 2.26. The Labute approximate surface area is 105 Å². The molecule has 2 unspecified atom stereocenters. The Kier molecular flexibility index (Phi) is 3.72. The summed E-state index contributed by atoms with van der Waals surface area (Å²) in [5, 5.41) is 3.47. The minimum absolute atomic E-state index is 0.664. The van der Waals surface area contributed by atoms with Gasteiger partial charge in [-0.25, -0.2) is 0 Å². The molecule has 0 radical (unpaired) electrons. The number of benzene rings is 1. The van der Waals surface area contributed by atoms with Gasteiger partial charge in [0, 0.05) is 18.8 Å². The molecule has 0 bridgehead atoms. The molecule has 0 saturated carbocycles. The van der Waals surface area contributed by atoms with Crippen molar-refractivity contribution in [2.75, 3.05) is 25.0 Å². The van der Waals surface area contributed by atoms with E-state index < -0.39 is 0 Å². The van der Waals surface area contributed by atoms with Crippen molar-refractivity contribution < 1.29 is 0 Å². The second kappa shape index (κ2) is 5.09. The second-order valence-corrected chi connectivity index (χ2v) is 5.44. The molecule has 17 heavy (non-hydrogen) atoms. The highest BCUT2D eigenvalue weighted by atomic mass is 15.2. The van der Waals surface area contributed by atoms with E-state index in [1.807, 2.05) is 0 Å². The Bertz CT molecular complexity index is 387. The largest absolute Gasteiger partial charge is 0.371 e. The van der Waals surface area contributed by atoms with Crippen LogP contribution in [0.25, 0.3) is 0 Å². The summed E-state index contributed by atoms with van der Waals surface area (Å²) in [5.74, 6) is 0.717. The third kappa shape index (κ3) is 2.63. The molecule has 0 amide bonds. The molecule has 1 N–H and O–H groups in total. The molecule has 94 valence electrons. The predicted molar refractivity (Wildman–Crippen MR) is 74.8 cm³/mol. The number of anilines is 1. The molecule has 0 aromatic heterocycles. The summed E-state index contributed by atoms with van der Waals surface area (Å²) in [6, 6.07) is 7.42. The van der Waals surface area contributed by atoms with Gasteiger partial charge in [0.25, 0.3) is 0 Å². The van der Waals surface area contributed by atoms with Crippen LogP contribution in [0, 0.1) is 19.8 Å². The average molecular weight is 232 g/mol. The number of hydrogen-bond donors (Lipinski definition) is 1. The fourth-order valence-electron chi connectivity index (χ4n) is 2.96. The first kappa shape index (κ1) is 12.4. The van der Waals surface area contributed by atoms with Crippen LogP contribution in [-0.4, -0.2) is 26.2 Å². The lowest BCUT2D eigenvalue weighted by molar-refractivity contribution is 0.339. The van der Waals surface area contributed by atoms with Crippen LogP contribution >= 0.6 is 0 Å². The first-order valence-electron chi connectivity index (χ1n) is 6.60. The van der Waals surface area contributed by atoms with Crippen LogP contribution in [0.5, 0.6) is 0 Å². The van der Waals surface area contributed by atoms with Gasteiger partial charge in [-0.3, -0.25) is 0 Å². The van der Waals surface area contributed by atoms with Crippen LogP contribution in [-0.2, 0) is 0 Å². The van der Waals surface area contributed by atoms with Gasteiger partial charge in [0.2, 0.25) is 0 Å². The van der Waals surface area contributed by atoms with Gasteiger partial charge >= 0.3 is 0 Å². The van der Waals surface area contributed by atoms with E-state index in [4.69, 9.17) is 0 Å². The Morgan fingerprint density at radius 1 is 1.29 bits per heavy atom. The van der Waals surface area contributed by atoms with Crippen LogP contribution < -0.4 is 10.2 Å². The summed E-state index contributed by atoms with van der Waals surface area (Å²) in [4.78, 5) is 2.47. The number of aryl methyl sites for hydroxylation is 2. The van der Waals surface area contributed by atoms with Crippen LogP contribution in [0.4, 0.5) is 5.69 Å². The summed E-state index contributed by atoms with van der Waals surface area (Å²) < 4.78 is 0. The summed E-state index contributed by atoms with van der Waals surface area (Å²) in [6.07, 6.45) is 1.24. The zero-order valence-corrected chi connectivity index (χ0v) is 11.5. The Morgan fingerprint density at radius 2 is 2.06 bits per heavy atom. The van der Waals surface area contributed by atoms with Crippen molar-refractivity contribution in [3.05, 3.63) is 29.3 Å². The van der Waals surface area contributed by atoms with Gasteiger partial charge in [0.05, 0.1) is 0 Å². The van der Waals surface area contributed by atoms with Gasteiger partial charge in [0.15, 0.2) is 0 Å². The lowest BCUT2D eigenvalue weighted by atomic mass is 9.93. The summed E-state index contributed by atoms with van der Waals surface area (Å²) in [6.45, 7) is 9.00. The maximum atomic E-state index is 3.47. The van der Waals surface area contributed by atoms with E-state index in [1.165, 1.54) is 23.2 Å². The van der Waals surface area contributed by atoms with Gasteiger partial charge < -0.3 is 10.2 Å². The monoisotopic (exact) mass is 232 g/mol. The highest BCUT2D eigenvalue weighted by Gasteiger charge is 2.25. The maximum absolute atomic E-state index is 3.47. The smallest absolute Gasteiger partial charge is 0.0396 e. The van der Waals surface area contributed by atoms with Crippen molar-refractivity contribution in [2.24, 2.45) is 5.92 Å². The number of nitrogens with zero attached hydrogens (tertiary/aromatic N) is 1. The molecule has 1 aliphatic rings. The van der Waals surface area contributed by atoms with E-state index in [0.717, 1.165) is 19.0 Å². The Hall–Kier alpha value is -1.02. The second-order valence-electron chi connectivity index (χ2n) is 5.44. The van der Waals surface area contributed by atoms with Crippen molar-refractivity contribution in [2.45, 2.75) is 33.2 Å². The van der Waals surface area contributed by atoms with Gasteiger partial charge in [0.1, 0.15) is 0 Å². The highest BCUT2D eigenvalue weighted by molar-refractivity contribution is 5.54. The van der Waals surface area contributed by atoms with Crippen molar-refractivity contribution in [3.8, 4) is 0 Å². The minimum atomic E-state index is 0.664. The van der Waals surface area contributed by atoms with Gasteiger partial charge in [-0.15, -0.1) is 0 Å². The number of nitrogens with one attached hydrogen (secondary N) is 1. The average Bonchev–Trinajstić information content (AvgIpc) is 2.29. The molecule has 1 aliphatic heterocycles. The van der Waals surface area contributed by atoms with E-state index in [-0.39, 0.29) is 0 Å². The van der Waals surface area contributed by atoms with E-state index in [0.29, 0.717) is 6.04 Å². The zero-order valence-electron chi connectivity index (χ0n) is 11.5. The van der Waals surface area contributed by atoms with E-state index in [1.54, 1.807) is 0 Å². The quantitative estimate of drug-likeness (QED) is 0.843. The van der Waals surface area contributed by atoms with E-state index in [2.05, 4.69) is 56.2 Å². The molecule has 1 saturated heterocycles. The first-order chi connectivity index (χ1) is 8.09. The topological polar surface area (TPSA) is 15.3 Å². The van der Waals surface area contributed by atoms with Crippen LogP contribution in [0.1, 0.15) is 24.5 Å². The molecule has 2 rings (SSSR count).